The molecule has 0 heterocycles. The third kappa shape index (κ3) is 110. The maximum absolute atomic E-state index is 8.89. The summed E-state index contributed by atoms with van der Waals surface area (Å²) in [7, 11) is 0. The van der Waals surface area contributed by atoms with Crippen LogP contribution in [0.2, 0.25) is 0 Å². The van der Waals surface area contributed by atoms with Gasteiger partial charge in [0, 0.05) is 31.0 Å². The Hall–Kier alpha value is 1.33. The van der Waals surface area contributed by atoms with Gasteiger partial charge in [0.25, 0.3) is 0 Å². The summed E-state index contributed by atoms with van der Waals surface area (Å²) in [4.78, 5) is 26.7. The van der Waals surface area contributed by atoms with Crippen LogP contribution in [0.25, 0.3) is 0 Å². The Morgan fingerprint density at radius 1 is 0.487 bits per heavy atom. The summed E-state index contributed by atoms with van der Waals surface area (Å²) in [5, 5.41) is 30.0. The van der Waals surface area contributed by atoms with E-state index in [0.717, 1.165) is 40.4 Å². The molecular weight excluding hydrogens is 529 g/mol. The van der Waals surface area contributed by atoms with E-state index in [1.54, 1.807) is 0 Å². The number of nitrogens with two attached hydrogens (primary N) is 1. The number of carbonyl (C=O) groups is 3. The molecule has 0 radical (unpaired) electrons. The van der Waals surface area contributed by atoms with E-state index in [0.29, 0.717) is 0 Å². The molecule has 0 unspecified atom stereocenters. The molecule has 8 nitrogen and oxygen atoms in total. The second kappa shape index (κ2) is 55.3. The van der Waals surface area contributed by atoms with E-state index >= 15 is 0 Å². The molecule has 0 aromatic carbocycles. The van der Waals surface area contributed by atoms with Crippen molar-refractivity contribution >= 4 is 17.9 Å². The minimum absolute atomic E-state index is 0. The average Bonchev–Trinajstić information content (AvgIpc) is 2.77. The number of hydrogen-bond donors (Lipinski definition) is 2. The smallest absolute Gasteiger partial charge is 0.550 e. The number of carbonyl (C=O) groups excluding carboxylic acids is 3. The van der Waals surface area contributed by atoms with Crippen molar-refractivity contribution in [2.24, 2.45) is 5.73 Å². The molecule has 0 bridgehead atoms. The van der Waals surface area contributed by atoms with Gasteiger partial charge in [-0.3, -0.25) is 0 Å². The number of nitrogens with one attached hydrogen (secondary N) is 1. The van der Waals surface area contributed by atoms with E-state index in [1.807, 2.05) is 0 Å². The number of unbranched alkanes of at least 4 members (excludes halogenated alkanes) is 17. The van der Waals surface area contributed by atoms with Gasteiger partial charge >= 0.3 is 88.7 Å². The first-order chi connectivity index (χ1) is 17.1. The average molecular weight is 587 g/mol. The van der Waals surface area contributed by atoms with Crippen molar-refractivity contribution in [3.63, 3.8) is 0 Å². The van der Waals surface area contributed by atoms with E-state index in [9.17, 15) is 0 Å². The number of aliphatic carboxylic acids is 3. The number of hydrogen-bond acceptors (Lipinski definition) is 8. The fraction of sp³-hybridized carbons (Fsp3) is 0.893. The maximum Gasteiger partial charge on any atom is 1.00 e. The Bertz CT molecular complexity index is 400. The number of rotatable bonds is 21. The second-order valence-electron chi connectivity index (χ2n) is 9.02. The van der Waals surface area contributed by atoms with Crippen molar-refractivity contribution < 1.29 is 118 Å². The minimum Gasteiger partial charge on any atom is -0.550 e. The second-order valence-corrected chi connectivity index (χ2v) is 9.02. The van der Waals surface area contributed by atoms with Crippen LogP contribution in [0.3, 0.4) is 0 Å². The monoisotopic (exact) mass is 586 g/mol. The summed E-state index contributed by atoms with van der Waals surface area (Å²) in [6, 6.07) is 0. The molecule has 0 aliphatic carbocycles. The van der Waals surface area contributed by atoms with Crippen molar-refractivity contribution in [3.05, 3.63) is 0 Å². The molecule has 0 amide bonds. The summed E-state index contributed by atoms with van der Waals surface area (Å²) in [6.07, 6.45) is 26.0. The topological polar surface area (TPSA) is 158 Å². The quantitative estimate of drug-likeness (QED) is 0.0994. The standard InChI is InChI=1S/C22H48N2.3C2H4O2.3Na/c1-2-3-4-5-6-7-8-9-10-11-12-13-14-15-16-17-18-19-21-24-22-20-23;3*1-2(3)4;;;/h24H,2-23H2,1H3;3*1H3,(H,3,4);;;/q;;;;3*+1/p-3. The van der Waals surface area contributed by atoms with Crippen molar-refractivity contribution in [1.82, 2.24) is 5.32 Å². The van der Waals surface area contributed by atoms with E-state index in [2.05, 4.69) is 12.2 Å². The van der Waals surface area contributed by atoms with Crippen LogP contribution in [0.4, 0.5) is 0 Å². The molecule has 3 N–H and O–H groups in total. The van der Waals surface area contributed by atoms with Crippen molar-refractivity contribution in [3.8, 4) is 0 Å². The Labute approximate surface area is 307 Å². The van der Waals surface area contributed by atoms with Crippen LogP contribution in [-0.4, -0.2) is 37.5 Å². The zero-order chi connectivity index (χ0) is 28.3. The fourth-order valence-corrected chi connectivity index (χ4v) is 3.38. The molecule has 0 fully saturated rings. The zero-order valence-corrected chi connectivity index (χ0v) is 32.9. The Balaban J connectivity index is -0.000000115. The van der Waals surface area contributed by atoms with Crippen LogP contribution < -0.4 is 115 Å². The van der Waals surface area contributed by atoms with E-state index in [-0.39, 0.29) is 88.7 Å². The summed E-state index contributed by atoms with van der Waals surface area (Å²) >= 11 is 0. The molecule has 0 saturated heterocycles. The van der Waals surface area contributed by atoms with Crippen LogP contribution in [0.5, 0.6) is 0 Å². The van der Waals surface area contributed by atoms with Gasteiger partial charge in [-0.1, -0.05) is 116 Å². The fourth-order valence-electron chi connectivity index (χ4n) is 3.38. The number of carboxylic acid groups (broad SMARTS) is 3. The first-order valence-corrected chi connectivity index (χ1v) is 14.0. The van der Waals surface area contributed by atoms with Crippen LogP contribution >= 0.6 is 0 Å². The summed E-state index contributed by atoms with van der Waals surface area (Å²) in [5.74, 6) is -3.25. The molecule has 0 aromatic heterocycles. The van der Waals surface area contributed by atoms with E-state index < -0.39 is 17.9 Å². The van der Waals surface area contributed by atoms with Gasteiger partial charge in [0.1, 0.15) is 0 Å². The minimum atomic E-state index is -1.08. The maximum atomic E-state index is 8.89. The molecule has 0 atom stereocenters. The first kappa shape index (κ1) is 56.2. The van der Waals surface area contributed by atoms with E-state index in [4.69, 9.17) is 35.4 Å². The number of carboxylic acids is 3. The summed E-state index contributed by atoms with van der Waals surface area (Å²) in [6.45, 7) is 8.10. The molecule has 0 aromatic rings. The molecular formula is C28H57N2Na3O6. The Morgan fingerprint density at radius 3 is 0.897 bits per heavy atom. The Kier molecular flexibility index (Phi) is 79.6. The van der Waals surface area contributed by atoms with Gasteiger partial charge in [-0.05, 0) is 33.7 Å². The third-order valence-corrected chi connectivity index (χ3v) is 5.03. The van der Waals surface area contributed by atoms with Gasteiger partial charge in [0.2, 0.25) is 0 Å². The molecule has 0 saturated carbocycles. The normalized spacial score (nSPS) is 8.85. The molecule has 0 aliphatic heterocycles. The molecule has 11 heteroatoms. The molecule has 0 aliphatic rings. The predicted molar refractivity (Wildman–Crippen MR) is 143 cm³/mol. The largest absolute Gasteiger partial charge is 1.00 e. The van der Waals surface area contributed by atoms with Crippen LogP contribution in [0.1, 0.15) is 143 Å². The van der Waals surface area contributed by atoms with Crippen molar-refractivity contribution in [2.75, 3.05) is 19.6 Å². The zero-order valence-electron chi connectivity index (χ0n) is 26.9. The van der Waals surface area contributed by atoms with Gasteiger partial charge in [-0.15, -0.1) is 0 Å². The predicted octanol–water partition coefficient (Wildman–Crippen LogP) is -6.14. The summed E-state index contributed by atoms with van der Waals surface area (Å²) in [5.41, 5.74) is 5.45. The molecule has 39 heavy (non-hydrogen) atoms. The van der Waals surface area contributed by atoms with Crippen LogP contribution in [0, 0.1) is 0 Å². The SMILES string of the molecule is CC(=O)[O-].CC(=O)[O-].CC(=O)[O-].CCCCCCCCCCCCCCCCCCCCNCCN.[Na+].[Na+].[Na+]. The van der Waals surface area contributed by atoms with Gasteiger partial charge in [-0.25, -0.2) is 0 Å². The van der Waals surface area contributed by atoms with Crippen molar-refractivity contribution in [2.45, 2.75) is 143 Å². The van der Waals surface area contributed by atoms with Crippen LogP contribution in [0.15, 0.2) is 0 Å². The summed E-state index contributed by atoms with van der Waals surface area (Å²) < 4.78 is 0. The molecule has 0 spiro atoms. The van der Waals surface area contributed by atoms with Crippen LogP contribution in [-0.2, 0) is 14.4 Å². The Morgan fingerprint density at radius 2 is 0.692 bits per heavy atom. The van der Waals surface area contributed by atoms with Gasteiger partial charge in [-0.2, -0.15) is 0 Å². The first-order valence-electron chi connectivity index (χ1n) is 14.0. The third-order valence-electron chi connectivity index (χ3n) is 5.03. The van der Waals surface area contributed by atoms with E-state index in [1.165, 1.54) is 116 Å². The van der Waals surface area contributed by atoms with Gasteiger partial charge in [0.05, 0.1) is 0 Å². The van der Waals surface area contributed by atoms with Gasteiger partial charge < -0.3 is 40.8 Å². The molecule has 218 valence electrons. The van der Waals surface area contributed by atoms with Crippen molar-refractivity contribution in [1.29, 1.82) is 0 Å². The van der Waals surface area contributed by atoms with Gasteiger partial charge in [0.15, 0.2) is 0 Å². The molecule has 0 rings (SSSR count).